The molecule has 3 rings (SSSR count). The zero-order valence-electron chi connectivity index (χ0n) is 15.7. The molecule has 3 aromatic rings. The standard InChI is InChI=1S/C21H21N5OS/c1-2-25(15-9-14-22)19(27)16-28-21-24-23-20(17-10-5-3-6-11-17)26(21)18-12-7-4-8-13-18/h3-8,10-13H,2,9,15-16H2,1H3. The Hall–Kier alpha value is -3.11. The van der Waals surface area contributed by atoms with Crippen molar-refractivity contribution in [2.75, 3.05) is 18.8 Å². The van der Waals surface area contributed by atoms with Gasteiger partial charge in [-0.1, -0.05) is 60.3 Å². The van der Waals surface area contributed by atoms with E-state index < -0.39 is 0 Å². The predicted molar refractivity (Wildman–Crippen MR) is 110 cm³/mol. The Morgan fingerprint density at radius 3 is 2.43 bits per heavy atom. The molecule has 0 radical (unpaired) electrons. The van der Waals surface area contributed by atoms with Gasteiger partial charge in [-0.05, 0) is 19.1 Å². The molecule has 28 heavy (non-hydrogen) atoms. The maximum atomic E-state index is 12.5. The number of carbonyl (C=O) groups is 1. The normalized spacial score (nSPS) is 10.4. The molecule has 0 unspecified atom stereocenters. The summed E-state index contributed by atoms with van der Waals surface area (Å²) in [6.45, 7) is 2.95. The van der Waals surface area contributed by atoms with Crippen LogP contribution < -0.4 is 0 Å². The molecular weight excluding hydrogens is 370 g/mol. The van der Waals surface area contributed by atoms with Crippen molar-refractivity contribution in [3.8, 4) is 23.1 Å². The molecule has 0 N–H and O–H groups in total. The van der Waals surface area contributed by atoms with Gasteiger partial charge in [-0.15, -0.1) is 10.2 Å². The molecule has 0 saturated carbocycles. The van der Waals surface area contributed by atoms with Crippen LogP contribution in [-0.2, 0) is 4.79 Å². The highest BCUT2D eigenvalue weighted by atomic mass is 32.2. The van der Waals surface area contributed by atoms with Crippen LogP contribution in [-0.4, -0.2) is 44.4 Å². The van der Waals surface area contributed by atoms with Crippen molar-refractivity contribution in [3.05, 3.63) is 60.7 Å². The summed E-state index contributed by atoms with van der Waals surface area (Å²) >= 11 is 1.36. The minimum Gasteiger partial charge on any atom is -0.341 e. The van der Waals surface area contributed by atoms with Crippen LogP contribution in [0.25, 0.3) is 17.1 Å². The van der Waals surface area contributed by atoms with Crippen LogP contribution in [0.3, 0.4) is 0 Å². The zero-order valence-corrected chi connectivity index (χ0v) is 16.5. The van der Waals surface area contributed by atoms with E-state index in [1.54, 1.807) is 4.90 Å². The molecule has 0 atom stereocenters. The highest BCUT2D eigenvalue weighted by molar-refractivity contribution is 7.99. The van der Waals surface area contributed by atoms with Crippen molar-refractivity contribution in [1.29, 1.82) is 5.26 Å². The lowest BCUT2D eigenvalue weighted by molar-refractivity contribution is -0.128. The minimum atomic E-state index is -0.00776. The second-order valence-corrected chi connectivity index (χ2v) is 6.96. The van der Waals surface area contributed by atoms with Crippen LogP contribution in [0.1, 0.15) is 13.3 Å². The number of hydrogen-bond acceptors (Lipinski definition) is 5. The van der Waals surface area contributed by atoms with Gasteiger partial charge in [0.15, 0.2) is 11.0 Å². The van der Waals surface area contributed by atoms with Gasteiger partial charge in [-0.2, -0.15) is 5.26 Å². The lowest BCUT2D eigenvalue weighted by Crippen LogP contribution is -2.33. The molecule has 0 fully saturated rings. The Bertz CT molecular complexity index is 950. The molecule has 0 aliphatic rings. The third-order valence-corrected chi connectivity index (χ3v) is 5.15. The molecular formula is C21H21N5OS. The first kappa shape index (κ1) is 19.6. The lowest BCUT2D eigenvalue weighted by Gasteiger charge is -2.19. The van der Waals surface area contributed by atoms with E-state index >= 15 is 0 Å². The number of para-hydroxylation sites is 1. The number of nitrogens with zero attached hydrogens (tertiary/aromatic N) is 5. The van der Waals surface area contributed by atoms with Gasteiger partial charge in [0, 0.05) is 24.3 Å². The van der Waals surface area contributed by atoms with Gasteiger partial charge in [0.05, 0.1) is 18.2 Å². The number of benzene rings is 2. The fourth-order valence-corrected chi connectivity index (χ4v) is 3.66. The molecule has 142 valence electrons. The molecule has 0 saturated heterocycles. The van der Waals surface area contributed by atoms with E-state index in [1.807, 2.05) is 72.2 Å². The Kier molecular flexibility index (Phi) is 6.82. The quantitative estimate of drug-likeness (QED) is 0.546. The largest absolute Gasteiger partial charge is 0.341 e. The zero-order chi connectivity index (χ0) is 19.8. The third-order valence-electron chi connectivity index (χ3n) is 4.23. The summed E-state index contributed by atoms with van der Waals surface area (Å²) in [5, 5.41) is 18.1. The van der Waals surface area contributed by atoms with Gasteiger partial charge in [0.2, 0.25) is 5.91 Å². The fraction of sp³-hybridized carbons (Fsp3) is 0.238. The van der Waals surface area contributed by atoms with E-state index in [9.17, 15) is 4.79 Å². The highest BCUT2D eigenvalue weighted by Crippen LogP contribution is 2.27. The van der Waals surface area contributed by atoms with Gasteiger partial charge >= 0.3 is 0 Å². The fourth-order valence-electron chi connectivity index (χ4n) is 2.81. The average Bonchev–Trinajstić information content (AvgIpc) is 3.18. The van der Waals surface area contributed by atoms with Crippen LogP contribution in [0.2, 0.25) is 0 Å². The van der Waals surface area contributed by atoms with Gasteiger partial charge in [0.25, 0.3) is 0 Å². The van der Waals surface area contributed by atoms with Crippen LogP contribution >= 0.6 is 11.8 Å². The van der Waals surface area contributed by atoms with E-state index in [0.717, 1.165) is 17.1 Å². The number of aromatic nitrogens is 3. The molecule has 0 aliphatic heterocycles. The first-order valence-corrected chi connectivity index (χ1v) is 10.1. The number of nitriles is 1. The SMILES string of the molecule is CCN(CCC#N)C(=O)CSc1nnc(-c2ccccc2)n1-c1ccccc1. The molecule has 2 aromatic carbocycles. The Labute approximate surface area is 168 Å². The van der Waals surface area contributed by atoms with Gasteiger partial charge in [-0.3, -0.25) is 9.36 Å². The molecule has 0 bridgehead atoms. The van der Waals surface area contributed by atoms with E-state index in [-0.39, 0.29) is 11.7 Å². The summed E-state index contributed by atoms with van der Waals surface area (Å²) in [7, 11) is 0. The molecule has 6 nitrogen and oxygen atoms in total. The Balaban J connectivity index is 1.87. The first-order chi connectivity index (χ1) is 13.7. The van der Waals surface area contributed by atoms with Crippen molar-refractivity contribution < 1.29 is 4.79 Å². The summed E-state index contributed by atoms with van der Waals surface area (Å²) in [5.41, 5.74) is 1.90. The second-order valence-electron chi connectivity index (χ2n) is 6.01. The summed E-state index contributed by atoms with van der Waals surface area (Å²) in [4.78, 5) is 14.2. The molecule has 1 aromatic heterocycles. The number of amides is 1. The third kappa shape index (κ3) is 4.59. The molecule has 0 aliphatic carbocycles. The molecule has 1 amide bonds. The average molecular weight is 392 g/mol. The molecule has 7 heteroatoms. The smallest absolute Gasteiger partial charge is 0.233 e. The predicted octanol–water partition coefficient (Wildman–Crippen LogP) is 3.79. The van der Waals surface area contributed by atoms with Crippen molar-refractivity contribution >= 4 is 17.7 Å². The Morgan fingerprint density at radius 1 is 1.11 bits per heavy atom. The van der Waals surface area contributed by atoms with Gasteiger partial charge in [-0.25, -0.2) is 0 Å². The molecule has 1 heterocycles. The number of thioether (sulfide) groups is 1. The second kappa shape index (κ2) is 9.72. The van der Waals surface area contributed by atoms with E-state index in [4.69, 9.17) is 5.26 Å². The first-order valence-electron chi connectivity index (χ1n) is 9.08. The lowest BCUT2D eigenvalue weighted by atomic mass is 10.2. The van der Waals surface area contributed by atoms with E-state index in [2.05, 4.69) is 16.3 Å². The maximum Gasteiger partial charge on any atom is 0.233 e. The van der Waals surface area contributed by atoms with Crippen molar-refractivity contribution in [2.45, 2.75) is 18.5 Å². The van der Waals surface area contributed by atoms with Crippen molar-refractivity contribution in [1.82, 2.24) is 19.7 Å². The Morgan fingerprint density at radius 2 is 1.79 bits per heavy atom. The minimum absolute atomic E-state index is 0.00776. The van der Waals surface area contributed by atoms with Crippen LogP contribution in [0.5, 0.6) is 0 Å². The summed E-state index contributed by atoms with van der Waals surface area (Å²) in [6.07, 6.45) is 0.336. The van der Waals surface area contributed by atoms with Crippen LogP contribution in [0, 0.1) is 11.3 Å². The number of rotatable bonds is 8. The highest BCUT2D eigenvalue weighted by Gasteiger charge is 2.18. The van der Waals surface area contributed by atoms with E-state index in [1.165, 1.54) is 11.8 Å². The van der Waals surface area contributed by atoms with Gasteiger partial charge in [0.1, 0.15) is 0 Å². The van der Waals surface area contributed by atoms with Gasteiger partial charge < -0.3 is 4.90 Å². The molecule has 0 spiro atoms. The summed E-state index contributed by atoms with van der Waals surface area (Å²) in [5.74, 6) is 0.976. The monoisotopic (exact) mass is 391 g/mol. The topological polar surface area (TPSA) is 74.8 Å². The maximum absolute atomic E-state index is 12.5. The van der Waals surface area contributed by atoms with Crippen LogP contribution in [0.4, 0.5) is 0 Å². The summed E-state index contributed by atoms with van der Waals surface area (Å²) < 4.78 is 1.97. The number of carbonyl (C=O) groups excluding carboxylic acids is 1. The van der Waals surface area contributed by atoms with Crippen LogP contribution in [0.15, 0.2) is 65.8 Å². The van der Waals surface area contributed by atoms with E-state index in [0.29, 0.717) is 24.7 Å². The number of hydrogen-bond donors (Lipinski definition) is 0. The van der Waals surface area contributed by atoms with Crippen molar-refractivity contribution in [3.63, 3.8) is 0 Å². The summed E-state index contributed by atoms with van der Waals surface area (Å²) in [6, 6.07) is 21.8. The van der Waals surface area contributed by atoms with Crippen molar-refractivity contribution in [2.24, 2.45) is 0 Å².